The van der Waals surface area contributed by atoms with Crippen molar-refractivity contribution in [2.45, 2.75) is 19.4 Å². The van der Waals surface area contributed by atoms with Gasteiger partial charge in [0.2, 0.25) is 5.91 Å². The van der Waals surface area contributed by atoms with Crippen molar-refractivity contribution < 1.29 is 14.3 Å². The third kappa shape index (κ3) is 3.58. The van der Waals surface area contributed by atoms with Crippen LogP contribution in [0.4, 0.5) is 0 Å². The maximum atomic E-state index is 11.8. The van der Waals surface area contributed by atoms with Gasteiger partial charge in [-0.05, 0) is 18.6 Å². The Morgan fingerprint density at radius 2 is 2.11 bits per heavy atom. The summed E-state index contributed by atoms with van der Waals surface area (Å²) >= 11 is 0. The number of carbonyl (C=O) groups excluding carboxylic acids is 1. The Labute approximate surface area is 107 Å². The van der Waals surface area contributed by atoms with Crippen LogP contribution < -0.4 is 0 Å². The van der Waals surface area contributed by atoms with Crippen molar-refractivity contribution >= 4 is 5.91 Å². The highest BCUT2D eigenvalue weighted by Gasteiger charge is 2.20. The first-order valence-corrected chi connectivity index (χ1v) is 6.43. The molecule has 0 atom stereocenters. The van der Waals surface area contributed by atoms with Crippen LogP contribution in [0.25, 0.3) is 0 Å². The molecule has 5 nitrogen and oxygen atoms in total. The number of furan rings is 1. The molecule has 0 spiro atoms. The minimum Gasteiger partial charge on any atom is -0.468 e. The van der Waals surface area contributed by atoms with Gasteiger partial charge in [0.05, 0.1) is 12.8 Å². The molecule has 5 heteroatoms. The zero-order valence-electron chi connectivity index (χ0n) is 10.5. The molecular formula is C13H20N2O3. The molecule has 1 amide bonds. The van der Waals surface area contributed by atoms with Crippen LogP contribution in [0.1, 0.15) is 18.6 Å². The van der Waals surface area contributed by atoms with E-state index in [1.807, 2.05) is 17.0 Å². The number of piperazine rings is 1. The number of rotatable bonds is 5. The van der Waals surface area contributed by atoms with Crippen molar-refractivity contribution in [3.05, 3.63) is 24.2 Å². The average molecular weight is 252 g/mol. The van der Waals surface area contributed by atoms with E-state index >= 15 is 0 Å². The largest absolute Gasteiger partial charge is 0.468 e. The van der Waals surface area contributed by atoms with Crippen molar-refractivity contribution in [2.24, 2.45) is 0 Å². The summed E-state index contributed by atoms with van der Waals surface area (Å²) in [6.07, 6.45) is 2.70. The maximum Gasteiger partial charge on any atom is 0.222 e. The average Bonchev–Trinajstić information content (AvgIpc) is 2.89. The molecule has 0 aromatic carbocycles. The maximum absolute atomic E-state index is 11.8. The number of amides is 1. The minimum absolute atomic E-state index is 0.0875. The van der Waals surface area contributed by atoms with Crippen molar-refractivity contribution in [3.63, 3.8) is 0 Å². The second kappa shape index (κ2) is 6.56. The number of hydrogen-bond acceptors (Lipinski definition) is 4. The predicted molar refractivity (Wildman–Crippen MR) is 66.9 cm³/mol. The highest BCUT2D eigenvalue weighted by molar-refractivity contribution is 5.76. The zero-order valence-corrected chi connectivity index (χ0v) is 10.5. The van der Waals surface area contributed by atoms with Gasteiger partial charge in [0.25, 0.3) is 0 Å². The molecule has 100 valence electrons. The van der Waals surface area contributed by atoms with E-state index in [4.69, 9.17) is 9.52 Å². The molecule has 0 saturated carbocycles. The Bertz CT molecular complexity index is 356. The molecule has 0 aliphatic carbocycles. The van der Waals surface area contributed by atoms with Crippen LogP contribution >= 0.6 is 0 Å². The SMILES string of the molecule is O=C(CCCO)N1CCN(Cc2ccco2)CC1. The molecule has 0 radical (unpaired) electrons. The highest BCUT2D eigenvalue weighted by atomic mass is 16.3. The summed E-state index contributed by atoms with van der Waals surface area (Å²) in [6.45, 7) is 4.20. The van der Waals surface area contributed by atoms with Crippen LogP contribution in [0.3, 0.4) is 0 Å². The summed E-state index contributed by atoms with van der Waals surface area (Å²) in [5.74, 6) is 1.12. The number of hydrogen-bond donors (Lipinski definition) is 1. The predicted octanol–water partition coefficient (Wildman–Crippen LogP) is 0.696. The third-order valence-corrected chi connectivity index (χ3v) is 3.23. The Morgan fingerprint density at radius 1 is 1.33 bits per heavy atom. The quantitative estimate of drug-likeness (QED) is 0.838. The summed E-state index contributed by atoms with van der Waals surface area (Å²) in [4.78, 5) is 15.9. The standard InChI is InChI=1S/C13H20N2O3/c16-9-1-4-13(17)15-7-5-14(6-8-15)11-12-3-2-10-18-12/h2-3,10,16H,1,4-9,11H2. The van der Waals surface area contributed by atoms with Crippen LogP contribution in [-0.2, 0) is 11.3 Å². The number of carbonyl (C=O) groups is 1. The molecule has 1 saturated heterocycles. The van der Waals surface area contributed by atoms with E-state index in [0.29, 0.717) is 12.8 Å². The van der Waals surface area contributed by atoms with Gasteiger partial charge in [-0.2, -0.15) is 0 Å². The van der Waals surface area contributed by atoms with E-state index in [2.05, 4.69) is 4.90 Å². The molecule has 1 aliphatic rings. The lowest BCUT2D eigenvalue weighted by molar-refractivity contribution is -0.133. The van der Waals surface area contributed by atoms with Crippen LogP contribution in [0, 0.1) is 0 Å². The highest BCUT2D eigenvalue weighted by Crippen LogP contribution is 2.10. The Hall–Kier alpha value is -1.33. The summed E-state index contributed by atoms with van der Waals surface area (Å²) in [7, 11) is 0. The Kier molecular flexibility index (Phi) is 4.78. The Balaban J connectivity index is 1.72. The summed E-state index contributed by atoms with van der Waals surface area (Å²) < 4.78 is 5.31. The second-order valence-electron chi connectivity index (χ2n) is 4.56. The molecule has 1 aromatic heterocycles. The van der Waals surface area contributed by atoms with Gasteiger partial charge < -0.3 is 14.4 Å². The fourth-order valence-corrected chi connectivity index (χ4v) is 2.17. The van der Waals surface area contributed by atoms with Gasteiger partial charge in [-0.3, -0.25) is 9.69 Å². The first-order chi connectivity index (χ1) is 8.79. The molecule has 1 aliphatic heterocycles. The van der Waals surface area contributed by atoms with Gasteiger partial charge in [-0.15, -0.1) is 0 Å². The number of aliphatic hydroxyl groups is 1. The van der Waals surface area contributed by atoms with Crippen LogP contribution in [-0.4, -0.2) is 53.6 Å². The monoisotopic (exact) mass is 252 g/mol. The van der Waals surface area contributed by atoms with Crippen LogP contribution in [0.5, 0.6) is 0 Å². The van der Waals surface area contributed by atoms with Gasteiger partial charge in [0.15, 0.2) is 0 Å². The molecular weight excluding hydrogens is 232 g/mol. The fourth-order valence-electron chi connectivity index (χ4n) is 2.17. The van der Waals surface area contributed by atoms with Crippen molar-refractivity contribution in [1.29, 1.82) is 0 Å². The summed E-state index contributed by atoms with van der Waals surface area (Å²) in [5.41, 5.74) is 0. The Morgan fingerprint density at radius 3 is 2.72 bits per heavy atom. The summed E-state index contributed by atoms with van der Waals surface area (Å²) in [6, 6.07) is 3.86. The molecule has 1 fully saturated rings. The van der Waals surface area contributed by atoms with Gasteiger partial charge >= 0.3 is 0 Å². The van der Waals surface area contributed by atoms with Gasteiger partial charge in [-0.25, -0.2) is 0 Å². The molecule has 1 N–H and O–H groups in total. The second-order valence-corrected chi connectivity index (χ2v) is 4.56. The normalized spacial score (nSPS) is 17.1. The molecule has 0 bridgehead atoms. The van der Waals surface area contributed by atoms with E-state index in [0.717, 1.165) is 38.5 Å². The van der Waals surface area contributed by atoms with E-state index in [9.17, 15) is 4.79 Å². The topological polar surface area (TPSA) is 56.9 Å². The third-order valence-electron chi connectivity index (χ3n) is 3.23. The zero-order chi connectivity index (χ0) is 12.8. The fraction of sp³-hybridized carbons (Fsp3) is 0.615. The number of aliphatic hydroxyl groups excluding tert-OH is 1. The van der Waals surface area contributed by atoms with E-state index in [1.165, 1.54) is 0 Å². The molecule has 2 rings (SSSR count). The van der Waals surface area contributed by atoms with Gasteiger partial charge in [0, 0.05) is 39.2 Å². The van der Waals surface area contributed by atoms with Crippen molar-refractivity contribution in [3.8, 4) is 0 Å². The van der Waals surface area contributed by atoms with E-state index in [-0.39, 0.29) is 12.5 Å². The van der Waals surface area contributed by atoms with E-state index in [1.54, 1.807) is 6.26 Å². The van der Waals surface area contributed by atoms with Crippen LogP contribution in [0.15, 0.2) is 22.8 Å². The lowest BCUT2D eigenvalue weighted by Gasteiger charge is -2.34. The minimum atomic E-state index is 0.0875. The smallest absolute Gasteiger partial charge is 0.222 e. The summed E-state index contributed by atoms with van der Waals surface area (Å²) in [5, 5.41) is 8.71. The molecule has 0 unspecified atom stereocenters. The molecule has 2 heterocycles. The van der Waals surface area contributed by atoms with E-state index < -0.39 is 0 Å². The number of nitrogens with zero attached hydrogens (tertiary/aromatic N) is 2. The first-order valence-electron chi connectivity index (χ1n) is 6.43. The molecule has 18 heavy (non-hydrogen) atoms. The van der Waals surface area contributed by atoms with Crippen molar-refractivity contribution in [1.82, 2.24) is 9.80 Å². The molecule has 1 aromatic rings. The lowest BCUT2D eigenvalue weighted by atomic mass is 10.2. The van der Waals surface area contributed by atoms with Gasteiger partial charge in [-0.1, -0.05) is 0 Å². The first kappa shape index (κ1) is 13.1. The van der Waals surface area contributed by atoms with Crippen molar-refractivity contribution in [2.75, 3.05) is 32.8 Å². The lowest BCUT2D eigenvalue weighted by Crippen LogP contribution is -2.48. The van der Waals surface area contributed by atoms with Crippen LogP contribution in [0.2, 0.25) is 0 Å². The van der Waals surface area contributed by atoms with Gasteiger partial charge in [0.1, 0.15) is 5.76 Å².